The van der Waals surface area contributed by atoms with E-state index in [1.165, 1.54) is 0 Å². The Morgan fingerprint density at radius 2 is 2.06 bits per heavy atom. The molecule has 0 heterocycles. The van der Waals surface area contributed by atoms with Crippen molar-refractivity contribution in [1.82, 2.24) is 0 Å². The van der Waals surface area contributed by atoms with E-state index in [2.05, 4.69) is 13.8 Å². The van der Waals surface area contributed by atoms with Crippen molar-refractivity contribution in [3.63, 3.8) is 0 Å². The van der Waals surface area contributed by atoms with Gasteiger partial charge >= 0.3 is 0 Å². The molecule has 0 radical (unpaired) electrons. The van der Waals surface area contributed by atoms with E-state index in [9.17, 15) is 5.11 Å². The number of halogens is 1. The normalized spacial score (nSPS) is 12.9. The molecule has 2 nitrogen and oxygen atoms in total. The van der Waals surface area contributed by atoms with E-state index >= 15 is 0 Å². The van der Waals surface area contributed by atoms with Crippen LogP contribution in [-0.2, 0) is 0 Å². The molecule has 0 aromatic heterocycles. The molecule has 3 heteroatoms. The van der Waals surface area contributed by atoms with E-state index in [4.69, 9.17) is 16.3 Å². The predicted molar refractivity (Wildman–Crippen MR) is 67.3 cm³/mol. The summed E-state index contributed by atoms with van der Waals surface area (Å²) in [5.74, 6) is 1.42. The highest BCUT2D eigenvalue weighted by Crippen LogP contribution is 2.32. The molecule has 1 unspecified atom stereocenters. The quantitative estimate of drug-likeness (QED) is 0.857. The molecule has 0 bridgehead atoms. The largest absolute Gasteiger partial charge is 0.496 e. The molecule has 0 saturated carbocycles. The van der Waals surface area contributed by atoms with Crippen molar-refractivity contribution >= 4 is 11.6 Å². The lowest BCUT2D eigenvalue weighted by molar-refractivity contribution is 0.245. The fourth-order valence-electron chi connectivity index (χ4n) is 1.89. The molecular weight excluding hydrogens is 224 g/mol. The van der Waals surface area contributed by atoms with Gasteiger partial charge in [-0.2, -0.15) is 0 Å². The molecule has 0 saturated heterocycles. The number of ether oxygens (including phenoxy) is 1. The van der Waals surface area contributed by atoms with Crippen LogP contribution in [0.4, 0.5) is 0 Å². The first-order valence-electron chi connectivity index (χ1n) is 5.52. The maximum absolute atomic E-state index is 9.44. The lowest BCUT2D eigenvalue weighted by Crippen LogP contribution is -2.09. The van der Waals surface area contributed by atoms with Gasteiger partial charge in [0.1, 0.15) is 5.75 Å². The molecule has 90 valence electrons. The van der Waals surface area contributed by atoms with Gasteiger partial charge < -0.3 is 9.84 Å². The van der Waals surface area contributed by atoms with Crippen LogP contribution in [0.25, 0.3) is 0 Å². The predicted octanol–water partition coefficient (Wildman–Crippen LogP) is 3.47. The zero-order valence-corrected chi connectivity index (χ0v) is 10.8. The molecule has 1 rings (SSSR count). The van der Waals surface area contributed by atoms with E-state index in [0.29, 0.717) is 10.9 Å². The van der Waals surface area contributed by atoms with E-state index in [1.807, 2.05) is 12.1 Å². The Balaban J connectivity index is 3.02. The molecule has 0 aliphatic carbocycles. The molecule has 0 spiro atoms. The van der Waals surface area contributed by atoms with Crippen LogP contribution in [0.15, 0.2) is 18.2 Å². The van der Waals surface area contributed by atoms with Gasteiger partial charge in [-0.25, -0.2) is 0 Å². The van der Waals surface area contributed by atoms with Crippen LogP contribution in [0.3, 0.4) is 0 Å². The van der Waals surface area contributed by atoms with Gasteiger partial charge in [0.15, 0.2) is 0 Å². The minimum atomic E-state index is 0.0913. The number of rotatable bonds is 5. The molecular formula is C13H19ClO2. The van der Waals surface area contributed by atoms with Crippen molar-refractivity contribution < 1.29 is 9.84 Å². The van der Waals surface area contributed by atoms with Crippen LogP contribution in [0.2, 0.25) is 5.02 Å². The van der Waals surface area contributed by atoms with Gasteiger partial charge in [-0.05, 0) is 30.5 Å². The van der Waals surface area contributed by atoms with E-state index in [0.717, 1.165) is 17.7 Å². The zero-order valence-electron chi connectivity index (χ0n) is 10.0. The number of aliphatic hydroxyl groups excluding tert-OH is 1. The Labute approximate surface area is 102 Å². The maximum atomic E-state index is 9.44. The van der Waals surface area contributed by atoms with Crippen molar-refractivity contribution in [2.45, 2.75) is 26.2 Å². The second-order valence-corrected chi connectivity index (χ2v) is 4.83. The van der Waals surface area contributed by atoms with Gasteiger partial charge in [0.05, 0.1) is 13.7 Å². The highest BCUT2D eigenvalue weighted by atomic mass is 35.5. The third-order valence-electron chi connectivity index (χ3n) is 2.61. The minimum Gasteiger partial charge on any atom is -0.496 e. The standard InChI is InChI=1S/C13H19ClO2/c1-9(2)6-10(8-15)12-7-11(14)4-5-13(12)16-3/h4-5,7,9-10,15H,6,8H2,1-3H3. The third kappa shape index (κ3) is 3.39. The molecule has 1 N–H and O–H groups in total. The van der Waals surface area contributed by atoms with Gasteiger partial charge in [-0.3, -0.25) is 0 Å². The zero-order chi connectivity index (χ0) is 12.1. The Morgan fingerprint density at radius 3 is 2.56 bits per heavy atom. The summed E-state index contributed by atoms with van der Waals surface area (Å²) in [4.78, 5) is 0. The Bertz CT molecular complexity index is 337. The Hall–Kier alpha value is -0.730. The minimum absolute atomic E-state index is 0.0913. The van der Waals surface area contributed by atoms with Crippen molar-refractivity contribution in [3.8, 4) is 5.75 Å². The van der Waals surface area contributed by atoms with Gasteiger partial charge in [-0.1, -0.05) is 25.4 Å². The Morgan fingerprint density at radius 1 is 1.38 bits per heavy atom. The van der Waals surface area contributed by atoms with Crippen LogP contribution in [0.1, 0.15) is 31.7 Å². The van der Waals surface area contributed by atoms with E-state index < -0.39 is 0 Å². The van der Waals surface area contributed by atoms with Crippen molar-refractivity contribution in [2.24, 2.45) is 5.92 Å². The number of aliphatic hydroxyl groups is 1. The number of benzene rings is 1. The molecule has 0 amide bonds. The van der Waals surface area contributed by atoms with Gasteiger partial charge in [0, 0.05) is 16.5 Å². The molecule has 16 heavy (non-hydrogen) atoms. The average Bonchev–Trinajstić information content (AvgIpc) is 2.25. The summed E-state index contributed by atoms with van der Waals surface area (Å²) in [5, 5.41) is 10.1. The highest BCUT2D eigenvalue weighted by molar-refractivity contribution is 6.30. The molecule has 0 aliphatic heterocycles. The summed E-state index contributed by atoms with van der Waals surface area (Å²) in [5.41, 5.74) is 0.992. The highest BCUT2D eigenvalue weighted by Gasteiger charge is 2.17. The number of hydrogen-bond donors (Lipinski definition) is 1. The van der Waals surface area contributed by atoms with Crippen LogP contribution in [0, 0.1) is 5.92 Å². The molecule has 0 aliphatic rings. The summed E-state index contributed by atoms with van der Waals surface area (Å²) >= 11 is 5.97. The van der Waals surface area contributed by atoms with Crippen LogP contribution in [0.5, 0.6) is 5.75 Å². The van der Waals surface area contributed by atoms with Crippen LogP contribution < -0.4 is 4.74 Å². The topological polar surface area (TPSA) is 29.5 Å². The van der Waals surface area contributed by atoms with Gasteiger partial charge in [-0.15, -0.1) is 0 Å². The maximum Gasteiger partial charge on any atom is 0.122 e. The Kier molecular flexibility index (Phi) is 5.10. The van der Waals surface area contributed by atoms with Crippen molar-refractivity contribution in [3.05, 3.63) is 28.8 Å². The fraction of sp³-hybridized carbons (Fsp3) is 0.538. The molecule has 1 aromatic rings. The first kappa shape index (κ1) is 13.3. The SMILES string of the molecule is COc1ccc(Cl)cc1C(CO)CC(C)C. The van der Waals surface area contributed by atoms with Gasteiger partial charge in [0.2, 0.25) is 0 Å². The van der Waals surface area contributed by atoms with Crippen LogP contribution in [-0.4, -0.2) is 18.8 Å². The van der Waals surface area contributed by atoms with Crippen molar-refractivity contribution in [2.75, 3.05) is 13.7 Å². The lowest BCUT2D eigenvalue weighted by Gasteiger charge is -2.19. The van der Waals surface area contributed by atoms with E-state index in [1.54, 1.807) is 13.2 Å². The monoisotopic (exact) mass is 242 g/mol. The van der Waals surface area contributed by atoms with Crippen molar-refractivity contribution in [1.29, 1.82) is 0 Å². The number of methoxy groups -OCH3 is 1. The lowest BCUT2D eigenvalue weighted by atomic mass is 9.90. The van der Waals surface area contributed by atoms with E-state index in [-0.39, 0.29) is 12.5 Å². The summed E-state index contributed by atoms with van der Waals surface area (Å²) in [7, 11) is 1.64. The third-order valence-corrected chi connectivity index (χ3v) is 2.84. The summed E-state index contributed by atoms with van der Waals surface area (Å²) in [6, 6.07) is 5.53. The molecule has 1 aromatic carbocycles. The first-order valence-corrected chi connectivity index (χ1v) is 5.90. The first-order chi connectivity index (χ1) is 7.58. The molecule has 1 atom stereocenters. The number of hydrogen-bond acceptors (Lipinski definition) is 2. The summed E-state index contributed by atoms with van der Waals surface area (Å²) in [6.45, 7) is 4.40. The second-order valence-electron chi connectivity index (χ2n) is 4.40. The summed E-state index contributed by atoms with van der Waals surface area (Å²) in [6.07, 6.45) is 0.924. The van der Waals surface area contributed by atoms with Gasteiger partial charge in [0.25, 0.3) is 0 Å². The second kappa shape index (κ2) is 6.12. The smallest absolute Gasteiger partial charge is 0.122 e. The fourth-order valence-corrected chi connectivity index (χ4v) is 2.07. The average molecular weight is 243 g/mol. The summed E-state index contributed by atoms with van der Waals surface area (Å²) < 4.78 is 5.29. The van der Waals surface area contributed by atoms with Crippen LogP contribution >= 0.6 is 11.6 Å². The molecule has 0 fully saturated rings.